The van der Waals surface area contributed by atoms with Gasteiger partial charge in [0, 0.05) is 6.04 Å². The fourth-order valence-electron chi connectivity index (χ4n) is 4.13. The Hall–Kier alpha value is -1.58. The molecule has 1 aromatic carbocycles. The molecule has 2 bridgehead atoms. The molecule has 1 N–H and O–H groups in total. The number of halogens is 1. The van der Waals surface area contributed by atoms with Gasteiger partial charge in [-0.05, 0) is 75.1 Å². The molecule has 2 aliphatic rings. The highest BCUT2D eigenvalue weighted by Crippen LogP contribution is 2.49. The van der Waals surface area contributed by atoms with E-state index in [1.165, 1.54) is 37.8 Å². The van der Waals surface area contributed by atoms with Crippen LogP contribution in [0.2, 0.25) is 0 Å². The fourth-order valence-corrected chi connectivity index (χ4v) is 4.13. The Kier molecular flexibility index (Phi) is 4.37. The van der Waals surface area contributed by atoms with Crippen LogP contribution in [0.1, 0.15) is 39.5 Å². The maximum Gasteiger partial charge on any atom is 0.260 e. The molecule has 3 nitrogen and oxygen atoms in total. The summed E-state index contributed by atoms with van der Waals surface area (Å²) >= 11 is 0. The summed E-state index contributed by atoms with van der Waals surface area (Å²) in [6.07, 6.45) is 4.70. The lowest BCUT2D eigenvalue weighted by Gasteiger charge is -2.29. The molecule has 5 unspecified atom stereocenters. The summed E-state index contributed by atoms with van der Waals surface area (Å²) in [5.74, 6) is 2.38. The molecule has 2 fully saturated rings. The van der Waals surface area contributed by atoms with Crippen molar-refractivity contribution in [3.05, 3.63) is 30.1 Å². The number of rotatable bonds is 5. The van der Waals surface area contributed by atoms with Gasteiger partial charge < -0.3 is 10.1 Å². The van der Waals surface area contributed by atoms with E-state index in [9.17, 15) is 9.18 Å². The maximum atomic E-state index is 12.9. The van der Waals surface area contributed by atoms with Crippen LogP contribution in [0, 0.1) is 23.6 Å². The maximum absolute atomic E-state index is 12.9. The second kappa shape index (κ2) is 6.27. The van der Waals surface area contributed by atoms with Gasteiger partial charge in [0.1, 0.15) is 11.6 Å². The van der Waals surface area contributed by atoms with Gasteiger partial charge in [-0.15, -0.1) is 0 Å². The molecule has 120 valence electrons. The van der Waals surface area contributed by atoms with E-state index in [-0.39, 0.29) is 17.8 Å². The number of benzene rings is 1. The van der Waals surface area contributed by atoms with Crippen LogP contribution in [-0.4, -0.2) is 18.1 Å². The third-order valence-corrected chi connectivity index (χ3v) is 5.30. The van der Waals surface area contributed by atoms with Crippen molar-refractivity contribution in [3.8, 4) is 5.75 Å². The van der Waals surface area contributed by atoms with Gasteiger partial charge in [0.2, 0.25) is 0 Å². The van der Waals surface area contributed by atoms with Crippen LogP contribution in [0.25, 0.3) is 0 Å². The van der Waals surface area contributed by atoms with E-state index in [0.29, 0.717) is 11.7 Å². The van der Waals surface area contributed by atoms with Crippen LogP contribution in [0.5, 0.6) is 5.75 Å². The molecule has 0 spiro atoms. The number of hydrogen-bond donors (Lipinski definition) is 1. The first-order valence-electron chi connectivity index (χ1n) is 8.25. The molecule has 0 saturated heterocycles. The lowest BCUT2D eigenvalue weighted by Crippen LogP contribution is -2.45. The first kappa shape index (κ1) is 15.3. The van der Waals surface area contributed by atoms with Gasteiger partial charge in [0.05, 0.1) is 0 Å². The molecule has 1 aromatic rings. The van der Waals surface area contributed by atoms with Gasteiger partial charge in [-0.25, -0.2) is 4.39 Å². The van der Waals surface area contributed by atoms with E-state index < -0.39 is 6.10 Å². The van der Waals surface area contributed by atoms with Gasteiger partial charge in [-0.1, -0.05) is 6.42 Å². The van der Waals surface area contributed by atoms with Crippen LogP contribution in [0.3, 0.4) is 0 Å². The van der Waals surface area contributed by atoms with Crippen LogP contribution in [-0.2, 0) is 4.79 Å². The second-order valence-electron chi connectivity index (χ2n) is 6.85. The lowest BCUT2D eigenvalue weighted by molar-refractivity contribution is -0.128. The topological polar surface area (TPSA) is 38.3 Å². The smallest absolute Gasteiger partial charge is 0.260 e. The summed E-state index contributed by atoms with van der Waals surface area (Å²) in [6.45, 7) is 3.83. The summed E-state index contributed by atoms with van der Waals surface area (Å²) in [6, 6.07) is 5.94. The predicted octanol–water partition coefficient (Wildman–Crippen LogP) is 3.53. The molecule has 0 aliphatic heterocycles. The monoisotopic (exact) mass is 305 g/mol. The van der Waals surface area contributed by atoms with Gasteiger partial charge in [-0.2, -0.15) is 0 Å². The van der Waals surface area contributed by atoms with Gasteiger partial charge in [0.15, 0.2) is 6.10 Å². The molecule has 2 saturated carbocycles. The van der Waals surface area contributed by atoms with Crippen molar-refractivity contribution in [3.63, 3.8) is 0 Å². The largest absolute Gasteiger partial charge is 0.481 e. The highest BCUT2D eigenvalue weighted by molar-refractivity contribution is 5.81. The Morgan fingerprint density at radius 2 is 1.95 bits per heavy atom. The average molecular weight is 305 g/mol. The van der Waals surface area contributed by atoms with Crippen molar-refractivity contribution in [2.45, 2.75) is 51.7 Å². The Labute approximate surface area is 131 Å². The van der Waals surface area contributed by atoms with Crippen molar-refractivity contribution in [1.29, 1.82) is 0 Å². The summed E-state index contributed by atoms with van der Waals surface area (Å²) in [4.78, 5) is 12.3. The fraction of sp³-hybridized carbons (Fsp3) is 0.611. The molecular formula is C18H24FNO2. The van der Waals surface area contributed by atoms with Crippen LogP contribution in [0.4, 0.5) is 4.39 Å². The van der Waals surface area contributed by atoms with E-state index in [1.807, 2.05) is 0 Å². The standard InChI is InChI=1S/C18H24FNO2/c1-11(17-10-13-3-4-14(17)9-13)20-18(21)12(2)22-16-7-5-15(19)6-8-16/h5-8,11-14,17H,3-4,9-10H2,1-2H3,(H,20,21). The van der Waals surface area contributed by atoms with Crippen LogP contribution < -0.4 is 10.1 Å². The van der Waals surface area contributed by atoms with Crippen molar-refractivity contribution in [1.82, 2.24) is 5.32 Å². The van der Waals surface area contributed by atoms with Gasteiger partial charge in [0.25, 0.3) is 5.91 Å². The molecule has 0 radical (unpaired) electrons. The summed E-state index contributed by atoms with van der Waals surface area (Å²) < 4.78 is 18.4. The minimum Gasteiger partial charge on any atom is -0.481 e. The summed E-state index contributed by atoms with van der Waals surface area (Å²) in [7, 11) is 0. The van der Waals surface area contributed by atoms with E-state index >= 15 is 0 Å². The Balaban J connectivity index is 1.51. The molecule has 22 heavy (non-hydrogen) atoms. The number of hydrogen-bond acceptors (Lipinski definition) is 2. The predicted molar refractivity (Wildman–Crippen MR) is 83.0 cm³/mol. The molecule has 3 rings (SSSR count). The number of fused-ring (bicyclic) bond motifs is 2. The zero-order valence-electron chi connectivity index (χ0n) is 13.2. The number of ether oxygens (including phenoxy) is 1. The normalized spacial score (nSPS) is 29.1. The molecule has 1 amide bonds. The van der Waals surface area contributed by atoms with E-state index in [1.54, 1.807) is 19.1 Å². The van der Waals surface area contributed by atoms with Gasteiger partial charge in [-0.3, -0.25) is 4.79 Å². The quantitative estimate of drug-likeness (QED) is 0.903. The Bertz CT molecular complexity index is 530. The van der Waals surface area contributed by atoms with Crippen LogP contribution >= 0.6 is 0 Å². The minimum absolute atomic E-state index is 0.0976. The molecular weight excluding hydrogens is 281 g/mol. The van der Waals surface area contributed by atoms with E-state index in [4.69, 9.17) is 4.74 Å². The molecule has 5 atom stereocenters. The third kappa shape index (κ3) is 3.26. The summed E-state index contributed by atoms with van der Waals surface area (Å²) in [5, 5.41) is 3.10. The van der Waals surface area contributed by atoms with Crippen molar-refractivity contribution >= 4 is 5.91 Å². The average Bonchev–Trinajstić information content (AvgIpc) is 3.12. The third-order valence-electron chi connectivity index (χ3n) is 5.30. The second-order valence-corrected chi connectivity index (χ2v) is 6.85. The molecule has 4 heteroatoms. The first-order valence-corrected chi connectivity index (χ1v) is 8.25. The highest BCUT2D eigenvalue weighted by Gasteiger charge is 2.42. The number of nitrogens with one attached hydrogen (secondary N) is 1. The lowest BCUT2D eigenvalue weighted by atomic mass is 9.84. The van der Waals surface area contributed by atoms with E-state index in [0.717, 1.165) is 11.8 Å². The van der Waals surface area contributed by atoms with Crippen LogP contribution in [0.15, 0.2) is 24.3 Å². The zero-order chi connectivity index (χ0) is 15.7. The molecule has 2 aliphatic carbocycles. The minimum atomic E-state index is -0.577. The SMILES string of the molecule is CC(Oc1ccc(F)cc1)C(=O)NC(C)C1CC2CCC1C2. The van der Waals surface area contributed by atoms with Crippen molar-refractivity contribution < 1.29 is 13.9 Å². The number of carbonyl (C=O) groups is 1. The molecule has 0 heterocycles. The van der Waals surface area contributed by atoms with E-state index in [2.05, 4.69) is 12.2 Å². The highest BCUT2D eigenvalue weighted by atomic mass is 19.1. The van der Waals surface area contributed by atoms with Crippen molar-refractivity contribution in [2.24, 2.45) is 17.8 Å². The first-order chi connectivity index (χ1) is 10.5. The molecule has 0 aromatic heterocycles. The zero-order valence-corrected chi connectivity index (χ0v) is 13.2. The Morgan fingerprint density at radius 1 is 1.23 bits per heavy atom. The summed E-state index contributed by atoms with van der Waals surface area (Å²) in [5.41, 5.74) is 0. The van der Waals surface area contributed by atoms with Crippen molar-refractivity contribution in [2.75, 3.05) is 0 Å². The number of carbonyl (C=O) groups excluding carboxylic acids is 1. The Morgan fingerprint density at radius 3 is 2.55 bits per heavy atom. The van der Waals surface area contributed by atoms with Gasteiger partial charge >= 0.3 is 0 Å². The number of amides is 1.